The fourth-order valence-electron chi connectivity index (χ4n) is 2.09. The van der Waals surface area contributed by atoms with Crippen LogP contribution in [-0.4, -0.2) is 28.0 Å². The van der Waals surface area contributed by atoms with Gasteiger partial charge in [0, 0.05) is 6.54 Å². The summed E-state index contributed by atoms with van der Waals surface area (Å²) in [5.41, 5.74) is 0.161. The molecule has 2 aromatic rings. The molecule has 0 aliphatic carbocycles. The Hall–Kier alpha value is -1.67. The summed E-state index contributed by atoms with van der Waals surface area (Å²) in [6.07, 6.45) is 0. The van der Waals surface area contributed by atoms with Gasteiger partial charge in [-0.1, -0.05) is 34.8 Å². The van der Waals surface area contributed by atoms with Crippen molar-refractivity contribution in [3.05, 3.63) is 51.0 Å². The molecule has 0 heterocycles. The van der Waals surface area contributed by atoms with Gasteiger partial charge in [-0.15, -0.1) is 0 Å². The lowest BCUT2D eigenvalue weighted by atomic mass is 10.2. The first-order valence-corrected chi connectivity index (χ1v) is 9.95. The SMILES string of the molecule is CCNC(=O)c1cc(S(=O)(=O)Nc2cc(Cl)c(Cl)cc2Cl)ccc1OC. The summed E-state index contributed by atoms with van der Waals surface area (Å²) < 4.78 is 32.8. The number of carbonyl (C=O) groups excluding carboxylic acids is 1. The van der Waals surface area contributed by atoms with Gasteiger partial charge < -0.3 is 10.1 Å². The van der Waals surface area contributed by atoms with Gasteiger partial charge in [0.05, 0.1) is 38.3 Å². The van der Waals surface area contributed by atoms with E-state index in [1.54, 1.807) is 6.92 Å². The molecule has 0 atom stereocenters. The molecule has 140 valence electrons. The highest BCUT2D eigenvalue weighted by Crippen LogP contribution is 2.34. The highest BCUT2D eigenvalue weighted by atomic mass is 35.5. The first kappa shape index (κ1) is 20.6. The summed E-state index contributed by atoms with van der Waals surface area (Å²) in [6, 6.07) is 6.57. The zero-order valence-corrected chi connectivity index (χ0v) is 16.9. The molecule has 0 fully saturated rings. The lowest BCUT2D eigenvalue weighted by molar-refractivity contribution is 0.0952. The number of anilines is 1. The second-order valence-corrected chi connectivity index (χ2v) is 7.98. The van der Waals surface area contributed by atoms with Gasteiger partial charge in [-0.25, -0.2) is 8.42 Å². The molecule has 0 spiro atoms. The van der Waals surface area contributed by atoms with Crippen LogP contribution in [0.3, 0.4) is 0 Å². The van der Waals surface area contributed by atoms with E-state index in [-0.39, 0.29) is 37.0 Å². The predicted octanol–water partition coefficient (Wildman–Crippen LogP) is 4.21. The molecule has 0 radical (unpaired) electrons. The molecule has 0 saturated carbocycles. The van der Waals surface area contributed by atoms with Crippen molar-refractivity contribution in [1.82, 2.24) is 5.32 Å². The normalized spacial score (nSPS) is 11.1. The van der Waals surface area contributed by atoms with Crippen molar-refractivity contribution in [2.24, 2.45) is 0 Å². The van der Waals surface area contributed by atoms with Crippen LogP contribution in [0.25, 0.3) is 0 Å². The maximum Gasteiger partial charge on any atom is 0.261 e. The van der Waals surface area contributed by atoms with E-state index in [9.17, 15) is 13.2 Å². The maximum atomic E-state index is 12.7. The van der Waals surface area contributed by atoms with E-state index in [2.05, 4.69) is 10.0 Å². The molecule has 0 aliphatic heterocycles. The van der Waals surface area contributed by atoms with E-state index < -0.39 is 15.9 Å². The minimum Gasteiger partial charge on any atom is -0.496 e. The number of sulfonamides is 1. The Bertz CT molecular complexity index is 949. The summed E-state index contributed by atoms with van der Waals surface area (Å²) in [7, 11) is -2.64. The first-order valence-electron chi connectivity index (χ1n) is 7.33. The number of rotatable bonds is 6. The van der Waals surface area contributed by atoms with E-state index in [0.29, 0.717) is 6.54 Å². The molecule has 2 N–H and O–H groups in total. The van der Waals surface area contributed by atoms with E-state index in [1.165, 1.54) is 37.4 Å². The highest BCUT2D eigenvalue weighted by molar-refractivity contribution is 7.92. The number of amides is 1. The summed E-state index contributed by atoms with van der Waals surface area (Å²) in [4.78, 5) is 12.0. The summed E-state index contributed by atoms with van der Waals surface area (Å²) in [5, 5.41) is 3.03. The second-order valence-electron chi connectivity index (χ2n) is 5.07. The van der Waals surface area contributed by atoms with Crippen molar-refractivity contribution in [1.29, 1.82) is 0 Å². The molecule has 0 saturated heterocycles. The van der Waals surface area contributed by atoms with Crippen LogP contribution in [0.2, 0.25) is 15.1 Å². The third kappa shape index (κ3) is 4.54. The third-order valence-corrected chi connectivity index (χ3v) is 5.72. The largest absolute Gasteiger partial charge is 0.496 e. The molecule has 26 heavy (non-hydrogen) atoms. The lowest BCUT2D eigenvalue weighted by Gasteiger charge is -2.13. The predicted molar refractivity (Wildman–Crippen MR) is 103 cm³/mol. The van der Waals surface area contributed by atoms with Gasteiger partial charge in [0.2, 0.25) is 0 Å². The quantitative estimate of drug-likeness (QED) is 0.663. The average molecular weight is 438 g/mol. The van der Waals surface area contributed by atoms with E-state index in [4.69, 9.17) is 39.5 Å². The molecule has 10 heteroatoms. The molecular weight excluding hydrogens is 423 g/mol. The van der Waals surface area contributed by atoms with Crippen LogP contribution >= 0.6 is 34.8 Å². The topological polar surface area (TPSA) is 84.5 Å². The van der Waals surface area contributed by atoms with Gasteiger partial charge in [-0.05, 0) is 37.3 Å². The Morgan fingerprint density at radius 2 is 1.73 bits per heavy atom. The van der Waals surface area contributed by atoms with Crippen LogP contribution in [0.15, 0.2) is 35.2 Å². The standard InChI is InChI=1S/C16H15Cl3N2O4S/c1-3-20-16(22)10-6-9(4-5-15(10)25-2)26(23,24)21-14-8-12(18)11(17)7-13(14)19/h4-8,21H,3H2,1-2H3,(H,20,22). The monoisotopic (exact) mass is 436 g/mol. The number of hydrogen-bond acceptors (Lipinski definition) is 4. The van der Waals surface area contributed by atoms with Crippen molar-refractivity contribution < 1.29 is 17.9 Å². The minimum atomic E-state index is -4.03. The number of methoxy groups -OCH3 is 1. The minimum absolute atomic E-state index is 0.0662. The number of nitrogens with one attached hydrogen (secondary N) is 2. The first-order chi connectivity index (χ1) is 12.2. The number of hydrogen-bond donors (Lipinski definition) is 2. The van der Waals surface area contributed by atoms with Crippen LogP contribution in [0.1, 0.15) is 17.3 Å². The van der Waals surface area contributed by atoms with E-state index in [0.717, 1.165) is 0 Å². The van der Waals surface area contributed by atoms with Crippen molar-refractivity contribution in [3.8, 4) is 5.75 Å². The number of benzene rings is 2. The number of halogens is 3. The van der Waals surface area contributed by atoms with Crippen molar-refractivity contribution in [2.75, 3.05) is 18.4 Å². The van der Waals surface area contributed by atoms with Crippen LogP contribution in [0.4, 0.5) is 5.69 Å². The number of ether oxygens (including phenoxy) is 1. The van der Waals surface area contributed by atoms with E-state index >= 15 is 0 Å². The molecule has 6 nitrogen and oxygen atoms in total. The fourth-order valence-corrected chi connectivity index (χ4v) is 3.84. The Labute approximate surface area is 166 Å². The summed E-state index contributed by atoms with van der Waals surface area (Å²) in [5.74, 6) is -0.198. The molecular formula is C16H15Cl3N2O4S. The molecule has 2 rings (SSSR count). The van der Waals surface area contributed by atoms with Crippen LogP contribution in [-0.2, 0) is 10.0 Å². The van der Waals surface area contributed by atoms with Crippen LogP contribution in [0, 0.1) is 0 Å². The van der Waals surface area contributed by atoms with Gasteiger partial charge in [0.1, 0.15) is 5.75 Å². The zero-order chi connectivity index (χ0) is 19.5. The van der Waals surface area contributed by atoms with Gasteiger partial charge in [0.15, 0.2) is 0 Å². The Morgan fingerprint density at radius 3 is 2.35 bits per heavy atom. The van der Waals surface area contributed by atoms with Gasteiger partial charge in [-0.2, -0.15) is 0 Å². The molecule has 1 amide bonds. The van der Waals surface area contributed by atoms with Crippen molar-refractivity contribution in [3.63, 3.8) is 0 Å². The van der Waals surface area contributed by atoms with Gasteiger partial charge >= 0.3 is 0 Å². The number of carbonyl (C=O) groups is 1. The lowest BCUT2D eigenvalue weighted by Crippen LogP contribution is -2.24. The molecule has 0 unspecified atom stereocenters. The highest BCUT2D eigenvalue weighted by Gasteiger charge is 2.21. The average Bonchev–Trinajstić information content (AvgIpc) is 2.59. The van der Waals surface area contributed by atoms with Crippen LogP contribution < -0.4 is 14.8 Å². The van der Waals surface area contributed by atoms with Gasteiger partial charge in [-0.3, -0.25) is 9.52 Å². The molecule has 0 aromatic heterocycles. The molecule has 2 aromatic carbocycles. The van der Waals surface area contributed by atoms with Crippen molar-refractivity contribution in [2.45, 2.75) is 11.8 Å². The maximum absolute atomic E-state index is 12.7. The second kappa shape index (κ2) is 8.35. The Balaban J connectivity index is 2.45. The van der Waals surface area contributed by atoms with Gasteiger partial charge in [0.25, 0.3) is 15.9 Å². The zero-order valence-electron chi connectivity index (χ0n) is 13.8. The van der Waals surface area contributed by atoms with Crippen molar-refractivity contribution >= 4 is 56.4 Å². The van der Waals surface area contributed by atoms with Crippen LogP contribution in [0.5, 0.6) is 5.75 Å². The summed E-state index contributed by atoms with van der Waals surface area (Å²) >= 11 is 17.8. The summed E-state index contributed by atoms with van der Waals surface area (Å²) in [6.45, 7) is 2.13. The molecule has 0 bridgehead atoms. The van der Waals surface area contributed by atoms with E-state index in [1.807, 2.05) is 0 Å². The smallest absolute Gasteiger partial charge is 0.261 e. The Morgan fingerprint density at radius 1 is 1.08 bits per heavy atom. The fraction of sp³-hybridized carbons (Fsp3) is 0.188. The molecule has 0 aliphatic rings. The Kier molecular flexibility index (Phi) is 6.63. The third-order valence-electron chi connectivity index (χ3n) is 3.32.